The lowest BCUT2D eigenvalue weighted by Crippen LogP contribution is -2.30. The minimum Gasteiger partial charge on any atom is -0.497 e. The molecular weight excluding hydrogens is 236 g/mol. The van der Waals surface area contributed by atoms with Gasteiger partial charge in [-0.2, -0.15) is 0 Å². The predicted molar refractivity (Wildman–Crippen MR) is 81.1 cm³/mol. The van der Waals surface area contributed by atoms with Gasteiger partial charge in [0.25, 0.3) is 0 Å². The number of rotatable bonds is 6. The van der Waals surface area contributed by atoms with Gasteiger partial charge in [-0.3, -0.25) is 0 Å². The third-order valence-corrected chi connectivity index (χ3v) is 4.00. The molecule has 1 saturated heterocycles. The first-order chi connectivity index (χ1) is 9.29. The summed E-state index contributed by atoms with van der Waals surface area (Å²) in [6.45, 7) is 3.53. The van der Waals surface area contributed by atoms with Gasteiger partial charge in [0.1, 0.15) is 5.75 Å². The molecule has 3 heteroatoms. The highest BCUT2D eigenvalue weighted by Crippen LogP contribution is 2.21. The monoisotopic (exact) mass is 262 g/mol. The molecule has 0 bridgehead atoms. The van der Waals surface area contributed by atoms with Crippen molar-refractivity contribution in [1.82, 2.24) is 5.32 Å². The van der Waals surface area contributed by atoms with Gasteiger partial charge in [-0.1, -0.05) is 6.07 Å². The molecule has 1 N–H and O–H groups in total. The molecule has 0 aromatic heterocycles. The van der Waals surface area contributed by atoms with E-state index in [1.807, 2.05) is 6.07 Å². The SMILES string of the molecule is COc1cccc(N(C)CCCC2CCCNC2)c1. The minimum absolute atomic E-state index is 0.882. The summed E-state index contributed by atoms with van der Waals surface area (Å²) in [6, 6.07) is 8.29. The third kappa shape index (κ3) is 4.43. The molecule has 1 aromatic rings. The number of hydrogen-bond donors (Lipinski definition) is 1. The van der Waals surface area contributed by atoms with E-state index in [1.165, 1.54) is 44.5 Å². The van der Waals surface area contributed by atoms with Gasteiger partial charge in [0.05, 0.1) is 7.11 Å². The maximum absolute atomic E-state index is 5.27. The number of nitrogens with one attached hydrogen (secondary N) is 1. The van der Waals surface area contributed by atoms with Crippen LogP contribution in [0.3, 0.4) is 0 Å². The molecule has 1 unspecified atom stereocenters. The lowest BCUT2D eigenvalue weighted by Gasteiger charge is -2.24. The first-order valence-corrected chi connectivity index (χ1v) is 7.35. The molecule has 1 aromatic carbocycles. The number of anilines is 1. The van der Waals surface area contributed by atoms with Crippen molar-refractivity contribution in [2.75, 3.05) is 38.7 Å². The number of methoxy groups -OCH3 is 1. The average Bonchev–Trinajstić information content (AvgIpc) is 2.48. The second-order valence-corrected chi connectivity index (χ2v) is 5.48. The second-order valence-electron chi connectivity index (χ2n) is 5.48. The molecule has 0 amide bonds. The van der Waals surface area contributed by atoms with Crippen LogP contribution in [0.5, 0.6) is 5.75 Å². The van der Waals surface area contributed by atoms with E-state index in [0.717, 1.165) is 18.2 Å². The van der Waals surface area contributed by atoms with E-state index in [1.54, 1.807) is 7.11 Å². The standard InChI is InChI=1S/C16H26N2O/c1-18(15-8-3-9-16(12-15)19-2)11-5-7-14-6-4-10-17-13-14/h3,8-9,12,14,17H,4-7,10-11,13H2,1-2H3. The molecule has 0 radical (unpaired) electrons. The Balaban J connectivity index is 1.75. The molecule has 19 heavy (non-hydrogen) atoms. The zero-order valence-corrected chi connectivity index (χ0v) is 12.2. The molecule has 0 aliphatic carbocycles. The van der Waals surface area contributed by atoms with Crippen LogP contribution in [0.25, 0.3) is 0 Å². The molecule has 1 heterocycles. The normalized spacial score (nSPS) is 19.2. The maximum atomic E-state index is 5.27. The Morgan fingerprint density at radius 3 is 3.05 bits per heavy atom. The van der Waals surface area contributed by atoms with Crippen LogP contribution in [-0.2, 0) is 0 Å². The van der Waals surface area contributed by atoms with Crippen LogP contribution in [0.4, 0.5) is 5.69 Å². The average molecular weight is 262 g/mol. The van der Waals surface area contributed by atoms with Crippen molar-refractivity contribution in [1.29, 1.82) is 0 Å². The van der Waals surface area contributed by atoms with Gasteiger partial charge in [-0.25, -0.2) is 0 Å². The molecule has 0 spiro atoms. The van der Waals surface area contributed by atoms with E-state index in [4.69, 9.17) is 4.74 Å². The Hall–Kier alpha value is -1.22. The Kier molecular flexibility index (Phi) is 5.52. The van der Waals surface area contributed by atoms with Crippen molar-refractivity contribution >= 4 is 5.69 Å². The summed E-state index contributed by atoms with van der Waals surface area (Å²) >= 11 is 0. The molecule has 0 saturated carbocycles. The van der Waals surface area contributed by atoms with Crippen LogP contribution < -0.4 is 15.0 Å². The lowest BCUT2D eigenvalue weighted by molar-refractivity contribution is 0.352. The number of hydrogen-bond acceptors (Lipinski definition) is 3. The molecular formula is C16H26N2O. The maximum Gasteiger partial charge on any atom is 0.120 e. The summed E-state index contributed by atoms with van der Waals surface area (Å²) < 4.78 is 5.27. The van der Waals surface area contributed by atoms with E-state index in [-0.39, 0.29) is 0 Å². The van der Waals surface area contributed by atoms with Crippen LogP contribution in [-0.4, -0.2) is 33.8 Å². The van der Waals surface area contributed by atoms with Crippen molar-refractivity contribution in [3.8, 4) is 5.75 Å². The Morgan fingerprint density at radius 2 is 2.32 bits per heavy atom. The first-order valence-electron chi connectivity index (χ1n) is 7.35. The molecule has 1 aliphatic rings. The highest BCUT2D eigenvalue weighted by molar-refractivity contribution is 5.49. The van der Waals surface area contributed by atoms with Crippen LogP contribution in [0, 0.1) is 5.92 Å². The highest BCUT2D eigenvalue weighted by atomic mass is 16.5. The van der Waals surface area contributed by atoms with Gasteiger partial charge in [0.2, 0.25) is 0 Å². The molecule has 2 rings (SSSR count). The number of nitrogens with zero attached hydrogens (tertiary/aromatic N) is 1. The van der Waals surface area contributed by atoms with Crippen molar-refractivity contribution in [2.45, 2.75) is 25.7 Å². The molecule has 1 aliphatic heterocycles. The molecule has 1 fully saturated rings. The summed E-state index contributed by atoms with van der Waals surface area (Å²) in [5.41, 5.74) is 1.24. The Labute approximate surface area is 116 Å². The van der Waals surface area contributed by atoms with Crippen LogP contribution >= 0.6 is 0 Å². The fourth-order valence-corrected chi connectivity index (χ4v) is 2.76. The summed E-state index contributed by atoms with van der Waals surface area (Å²) in [4.78, 5) is 2.32. The van der Waals surface area contributed by atoms with Gasteiger partial charge in [-0.05, 0) is 56.8 Å². The number of piperidine rings is 1. The van der Waals surface area contributed by atoms with Crippen LogP contribution in [0.2, 0.25) is 0 Å². The zero-order chi connectivity index (χ0) is 13.5. The quantitative estimate of drug-likeness (QED) is 0.853. The summed E-state index contributed by atoms with van der Waals surface area (Å²) in [7, 11) is 3.88. The predicted octanol–water partition coefficient (Wildman–Crippen LogP) is 2.91. The van der Waals surface area contributed by atoms with Crippen LogP contribution in [0.1, 0.15) is 25.7 Å². The highest BCUT2D eigenvalue weighted by Gasteiger charge is 2.12. The van der Waals surface area contributed by atoms with Gasteiger partial charge in [-0.15, -0.1) is 0 Å². The fraction of sp³-hybridized carbons (Fsp3) is 0.625. The minimum atomic E-state index is 0.882. The van der Waals surface area contributed by atoms with Gasteiger partial charge in [0.15, 0.2) is 0 Å². The number of ether oxygens (including phenoxy) is 1. The second kappa shape index (κ2) is 7.39. The van der Waals surface area contributed by atoms with E-state index in [9.17, 15) is 0 Å². The lowest BCUT2D eigenvalue weighted by atomic mass is 9.94. The Morgan fingerprint density at radius 1 is 1.42 bits per heavy atom. The third-order valence-electron chi connectivity index (χ3n) is 4.00. The van der Waals surface area contributed by atoms with Crippen LogP contribution in [0.15, 0.2) is 24.3 Å². The van der Waals surface area contributed by atoms with E-state index in [2.05, 4.69) is 35.5 Å². The zero-order valence-electron chi connectivity index (χ0n) is 12.2. The summed E-state index contributed by atoms with van der Waals surface area (Å²) in [5.74, 6) is 1.81. The molecule has 106 valence electrons. The largest absolute Gasteiger partial charge is 0.497 e. The first kappa shape index (κ1) is 14.2. The van der Waals surface area contributed by atoms with E-state index < -0.39 is 0 Å². The molecule has 3 nitrogen and oxygen atoms in total. The molecule has 1 atom stereocenters. The number of benzene rings is 1. The van der Waals surface area contributed by atoms with Gasteiger partial charge < -0.3 is 15.0 Å². The van der Waals surface area contributed by atoms with Gasteiger partial charge in [0, 0.05) is 25.3 Å². The summed E-state index contributed by atoms with van der Waals surface area (Å²) in [5, 5.41) is 3.49. The van der Waals surface area contributed by atoms with Gasteiger partial charge >= 0.3 is 0 Å². The van der Waals surface area contributed by atoms with Crippen molar-refractivity contribution in [2.24, 2.45) is 5.92 Å². The van der Waals surface area contributed by atoms with Crippen molar-refractivity contribution < 1.29 is 4.74 Å². The fourth-order valence-electron chi connectivity index (χ4n) is 2.76. The Bertz CT molecular complexity index is 375. The summed E-state index contributed by atoms with van der Waals surface area (Å²) in [6.07, 6.45) is 5.34. The van der Waals surface area contributed by atoms with Crippen molar-refractivity contribution in [3.63, 3.8) is 0 Å². The smallest absolute Gasteiger partial charge is 0.120 e. The van der Waals surface area contributed by atoms with Crippen molar-refractivity contribution in [3.05, 3.63) is 24.3 Å². The van der Waals surface area contributed by atoms with E-state index >= 15 is 0 Å². The van der Waals surface area contributed by atoms with E-state index in [0.29, 0.717) is 0 Å². The topological polar surface area (TPSA) is 24.5 Å².